The molecule has 116 valence electrons. The minimum atomic E-state index is -2.51. The number of carboxylic acid groups (broad SMARTS) is 1. The van der Waals surface area contributed by atoms with Crippen LogP contribution in [0.2, 0.25) is 0 Å². The molecule has 1 N–H and O–H groups in total. The Bertz CT molecular complexity index is 520. The van der Waals surface area contributed by atoms with Crippen molar-refractivity contribution in [2.45, 2.75) is 36.8 Å². The van der Waals surface area contributed by atoms with Gasteiger partial charge in [0.25, 0.3) is 11.7 Å². The maximum absolute atomic E-state index is 12.3. The Labute approximate surface area is 124 Å². The molecule has 0 radical (unpaired) electrons. The summed E-state index contributed by atoms with van der Waals surface area (Å²) < 4.78 is 29.4. The molecule has 1 aromatic heterocycles. The van der Waals surface area contributed by atoms with Crippen molar-refractivity contribution in [2.75, 3.05) is 6.54 Å². The van der Waals surface area contributed by atoms with Crippen LogP contribution in [-0.2, 0) is 10.5 Å². The second-order valence-corrected chi connectivity index (χ2v) is 5.66. The van der Waals surface area contributed by atoms with Gasteiger partial charge in [0, 0.05) is 6.54 Å². The molecule has 1 aromatic rings. The molecule has 8 heteroatoms. The number of halogens is 2. The molecule has 1 aliphatic rings. The fourth-order valence-electron chi connectivity index (χ4n) is 2.29. The van der Waals surface area contributed by atoms with Crippen molar-refractivity contribution in [1.82, 2.24) is 4.90 Å². The molecular formula is C13H15F2NO4S. The molecule has 1 saturated heterocycles. The van der Waals surface area contributed by atoms with Crippen LogP contribution in [0.15, 0.2) is 16.5 Å². The van der Waals surface area contributed by atoms with E-state index in [9.17, 15) is 18.4 Å². The fraction of sp³-hybridized carbons (Fsp3) is 0.538. The lowest BCUT2D eigenvalue weighted by Gasteiger charge is -2.32. The predicted octanol–water partition coefficient (Wildman–Crippen LogP) is 2.81. The van der Waals surface area contributed by atoms with E-state index in [4.69, 9.17) is 9.52 Å². The van der Waals surface area contributed by atoms with Gasteiger partial charge in [-0.1, -0.05) is 11.8 Å². The highest BCUT2D eigenvalue weighted by Gasteiger charge is 2.33. The number of furan rings is 1. The highest BCUT2D eigenvalue weighted by atomic mass is 32.2. The van der Waals surface area contributed by atoms with Gasteiger partial charge in [-0.3, -0.25) is 4.79 Å². The number of likely N-dealkylation sites (tertiary alicyclic amines) is 1. The molecule has 0 aliphatic carbocycles. The van der Waals surface area contributed by atoms with Gasteiger partial charge in [-0.15, -0.1) is 0 Å². The topological polar surface area (TPSA) is 70.8 Å². The number of piperidine rings is 1. The van der Waals surface area contributed by atoms with Crippen molar-refractivity contribution < 1.29 is 27.9 Å². The third-order valence-corrected chi connectivity index (χ3v) is 3.98. The first-order valence-corrected chi connectivity index (χ1v) is 7.56. The van der Waals surface area contributed by atoms with E-state index in [0.29, 0.717) is 24.7 Å². The van der Waals surface area contributed by atoms with Crippen LogP contribution in [-0.4, -0.2) is 40.2 Å². The van der Waals surface area contributed by atoms with Crippen LogP contribution < -0.4 is 0 Å². The van der Waals surface area contributed by atoms with E-state index in [1.807, 2.05) is 0 Å². The van der Waals surface area contributed by atoms with Crippen LogP contribution in [0.3, 0.4) is 0 Å². The zero-order chi connectivity index (χ0) is 15.4. The summed E-state index contributed by atoms with van der Waals surface area (Å²) in [6, 6.07) is 2.01. The molecular weight excluding hydrogens is 304 g/mol. The third kappa shape index (κ3) is 3.96. The zero-order valence-electron chi connectivity index (χ0n) is 11.1. The lowest BCUT2D eigenvalue weighted by Crippen LogP contribution is -2.47. The molecule has 0 unspecified atom stereocenters. The van der Waals surface area contributed by atoms with E-state index < -0.39 is 23.7 Å². The van der Waals surface area contributed by atoms with E-state index in [0.717, 1.165) is 12.8 Å². The first kappa shape index (κ1) is 15.8. The molecule has 1 atom stereocenters. The molecule has 21 heavy (non-hydrogen) atoms. The Morgan fingerprint density at radius 2 is 2.19 bits per heavy atom. The largest absolute Gasteiger partial charge is 0.480 e. The van der Waals surface area contributed by atoms with E-state index >= 15 is 0 Å². The van der Waals surface area contributed by atoms with Crippen molar-refractivity contribution in [3.8, 4) is 0 Å². The Kier molecular flexibility index (Phi) is 5.22. The molecule has 0 aromatic carbocycles. The van der Waals surface area contributed by atoms with Gasteiger partial charge in [0.15, 0.2) is 5.76 Å². The van der Waals surface area contributed by atoms with E-state index in [-0.39, 0.29) is 17.3 Å². The zero-order valence-corrected chi connectivity index (χ0v) is 11.9. The number of hydrogen-bond donors (Lipinski definition) is 1. The number of carboxylic acids is 1. The van der Waals surface area contributed by atoms with Gasteiger partial charge in [-0.25, -0.2) is 4.79 Å². The maximum atomic E-state index is 12.3. The third-order valence-electron chi connectivity index (χ3n) is 3.27. The van der Waals surface area contributed by atoms with Crippen LogP contribution in [0.5, 0.6) is 0 Å². The average molecular weight is 319 g/mol. The lowest BCUT2D eigenvalue weighted by atomic mass is 10.0. The standard InChI is InChI=1S/C13H15F2NO4S/c14-13(15)21-7-8-4-5-10(20-8)11(17)16-6-2-1-3-9(16)12(18)19/h4-5,9,13H,1-3,6-7H2,(H,18,19)/t9-/m1/s1. The molecule has 1 aliphatic heterocycles. The number of aliphatic carboxylic acids is 1. The summed E-state index contributed by atoms with van der Waals surface area (Å²) in [7, 11) is 0. The van der Waals surface area contributed by atoms with Crippen LogP contribution in [0.4, 0.5) is 8.78 Å². The van der Waals surface area contributed by atoms with E-state index in [1.165, 1.54) is 17.0 Å². The van der Waals surface area contributed by atoms with Crippen LogP contribution in [0, 0.1) is 0 Å². The van der Waals surface area contributed by atoms with E-state index in [2.05, 4.69) is 0 Å². The van der Waals surface area contributed by atoms with Crippen molar-refractivity contribution >= 4 is 23.6 Å². The van der Waals surface area contributed by atoms with Crippen molar-refractivity contribution in [2.24, 2.45) is 0 Å². The smallest absolute Gasteiger partial charge is 0.326 e. The first-order chi connectivity index (χ1) is 9.99. The summed E-state index contributed by atoms with van der Waals surface area (Å²) in [5.74, 6) is -3.82. The maximum Gasteiger partial charge on any atom is 0.326 e. The summed E-state index contributed by atoms with van der Waals surface area (Å²) in [5.41, 5.74) is 0. The van der Waals surface area contributed by atoms with Crippen LogP contribution in [0.1, 0.15) is 35.6 Å². The van der Waals surface area contributed by atoms with Gasteiger partial charge < -0.3 is 14.4 Å². The van der Waals surface area contributed by atoms with E-state index in [1.54, 1.807) is 0 Å². The highest BCUT2D eigenvalue weighted by Crippen LogP contribution is 2.24. The van der Waals surface area contributed by atoms with Crippen LogP contribution >= 0.6 is 11.8 Å². The number of nitrogens with zero attached hydrogens (tertiary/aromatic N) is 1. The molecule has 1 fully saturated rings. The van der Waals surface area contributed by atoms with Gasteiger partial charge in [-0.05, 0) is 31.4 Å². The quantitative estimate of drug-likeness (QED) is 0.903. The molecule has 2 rings (SSSR count). The van der Waals surface area contributed by atoms with Crippen molar-refractivity contribution in [3.05, 3.63) is 23.7 Å². The van der Waals surface area contributed by atoms with Crippen molar-refractivity contribution in [1.29, 1.82) is 0 Å². The second kappa shape index (κ2) is 6.93. The second-order valence-electron chi connectivity index (χ2n) is 4.69. The summed E-state index contributed by atoms with van der Waals surface area (Å²) in [6.07, 6.45) is 1.91. The lowest BCUT2D eigenvalue weighted by molar-refractivity contribution is -0.143. The SMILES string of the molecule is O=C(O)[C@H]1CCCCN1C(=O)c1ccc(CSC(F)F)o1. The van der Waals surface area contributed by atoms with Gasteiger partial charge in [0.05, 0.1) is 5.75 Å². The first-order valence-electron chi connectivity index (χ1n) is 6.51. The predicted molar refractivity (Wildman–Crippen MR) is 72.3 cm³/mol. The Hall–Kier alpha value is -1.57. The monoisotopic (exact) mass is 319 g/mol. The van der Waals surface area contributed by atoms with Gasteiger partial charge in [0.1, 0.15) is 11.8 Å². The number of alkyl halides is 2. The Balaban J connectivity index is 2.06. The normalized spacial score (nSPS) is 19.0. The minimum absolute atomic E-state index is 0.00647. The average Bonchev–Trinajstić information content (AvgIpc) is 2.93. The van der Waals surface area contributed by atoms with Gasteiger partial charge in [0.2, 0.25) is 0 Å². The molecule has 2 heterocycles. The highest BCUT2D eigenvalue weighted by molar-refractivity contribution is 7.98. The number of carbonyl (C=O) groups excluding carboxylic acids is 1. The summed E-state index contributed by atoms with van der Waals surface area (Å²) >= 11 is 0.404. The molecule has 0 bridgehead atoms. The number of carbonyl (C=O) groups is 2. The Morgan fingerprint density at radius 1 is 1.43 bits per heavy atom. The van der Waals surface area contributed by atoms with Gasteiger partial charge >= 0.3 is 5.97 Å². The van der Waals surface area contributed by atoms with Crippen LogP contribution in [0.25, 0.3) is 0 Å². The number of rotatable bonds is 5. The van der Waals surface area contributed by atoms with Gasteiger partial charge in [-0.2, -0.15) is 8.78 Å². The molecule has 1 amide bonds. The fourth-order valence-corrected chi connectivity index (χ4v) is 2.73. The summed E-state index contributed by atoms with van der Waals surface area (Å²) in [6.45, 7) is 0.359. The minimum Gasteiger partial charge on any atom is -0.480 e. The number of thioether (sulfide) groups is 1. The molecule has 0 saturated carbocycles. The molecule has 5 nitrogen and oxygen atoms in total. The number of hydrogen-bond acceptors (Lipinski definition) is 4. The van der Waals surface area contributed by atoms with Crippen molar-refractivity contribution in [3.63, 3.8) is 0 Å². The molecule has 0 spiro atoms. The summed E-state index contributed by atoms with van der Waals surface area (Å²) in [5, 5.41) is 9.14. The Morgan fingerprint density at radius 3 is 2.86 bits per heavy atom. The number of amides is 1. The summed E-state index contributed by atoms with van der Waals surface area (Å²) in [4.78, 5) is 24.7.